The summed E-state index contributed by atoms with van der Waals surface area (Å²) in [4.78, 5) is 0. The molecular weight excluding hydrogens is 430 g/mol. The maximum absolute atomic E-state index is 6.09. The molecule has 1 N–H and O–H groups in total. The van der Waals surface area contributed by atoms with Crippen molar-refractivity contribution in [1.82, 2.24) is 0 Å². The van der Waals surface area contributed by atoms with Gasteiger partial charge >= 0.3 is 0 Å². The molecule has 0 spiro atoms. The van der Waals surface area contributed by atoms with Crippen LogP contribution in [0.1, 0.15) is 31.9 Å². The molecule has 0 unspecified atom stereocenters. The van der Waals surface area contributed by atoms with Gasteiger partial charge in [-0.05, 0) is 53.5 Å². The first-order valence-electron chi connectivity index (χ1n) is 11.7. The maximum Gasteiger partial charge on any atom is 0.192 e. The molecule has 0 radical (unpaired) electrons. The van der Waals surface area contributed by atoms with Crippen molar-refractivity contribution in [2.24, 2.45) is 0 Å². The lowest BCUT2D eigenvalue weighted by molar-refractivity contribution is 0.0260. The SMILES string of the molecule is CNc1ccc(C=Cc2ccc(OCCOCCOCCO[Si](C)(C)C(C)(C)C)cc2)cc1. The highest BCUT2D eigenvalue weighted by molar-refractivity contribution is 6.74. The summed E-state index contributed by atoms with van der Waals surface area (Å²) in [6.07, 6.45) is 4.20. The van der Waals surface area contributed by atoms with Crippen LogP contribution < -0.4 is 10.1 Å². The van der Waals surface area contributed by atoms with Crippen LogP contribution in [-0.4, -0.2) is 55.0 Å². The van der Waals surface area contributed by atoms with Gasteiger partial charge in [0.25, 0.3) is 0 Å². The fraction of sp³-hybridized carbons (Fsp3) is 0.481. The minimum atomic E-state index is -1.68. The third-order valence-electron chi connectivity index (χ3n) is 5.91. The third-order valence-corrected chi connectivity index (χ3v) is 10.5. The van der Waals surface area contributed by atoms with Crippen LogP contribution in [0.15, 0.2) is 48.5 Å². The Hall–Kier alpha value is -2.12. The first-order valence-corrected chi connectivity index (χ1v) is 14.6. The van der Waals surface area contributed by atoms with Crippen molar-refractivity contribution in [1.29, 1.82) is 0 Å². The molecule has 0 atom stereocenters. The average Bonchev–Trinajstić information content (AvgIpc) is 2.79. The molecule has 2 rings (SSSR count). The lowest BCUT2D eigenvalue weighted by atomic mass is 10.1. The van der Waals surface area contributed by atoms with E-state index in [0.29, 0.717) is 39.6 Å². The number of ether oxygens (including phenoxy) is 3. The molecule has 0 saturated heterocycles. The molecule has 0 aromatic heterocycles. The maximum atomic E-state index is 6.09. The molecule has 0 heterocycles. The van der Waals surface area contributed by atoms with Gasteiger partial charge in [-0.15, -0.1) is 0 Å². The summed E-state index contributed by atoms with van der Waals surface area (Å²) in [5.41, 5.74) is 3.40. The molecule has 0 aliphatic rings. The standard InChI is InChI=1S/C27H41NO4Si/c1-27(2,3)33(5,6)32-22-20-30-18-17-29-19-21-31-26-15-11-24(12-16-26)8-7-23-9-13-25(28-4)14-10-23/h7-16,28H,17-22H2,1-6H3. The molecule has 6 heteroatoms. The van der Waals surface area contributed by atoms with Crippen LogP contribution in [0.4, 0.5) is 5.69 Å². The summed E-state index contributed by atoms with van der Waals surface area (Å²) >= 11 is 0. The van der Waals surface area contributed by atoms with Crippen molar-refractivity contribution in [3.05, 3.63) is 59.7 Å². The summed E-state index contributed by atoms with van der Waals surface area (Å²) in [7, 11) is 0.236. The second kappa shape index (κ2) is 13.6. The van der Waals surface area contributed by atoms with Crippen LogP contribution >= 0.6 is 0 Å². The van der Waals surface area contributed by atoms with Gasteiger partial charge in [0.1, 0.15) is 12.4 Å². The van der Waals surface area contributed by atoms with E-state index >= 15 is 0 Å². The largest absolute Gasteiger partial charge is 0.491 e. The quantitative estimate of drug-likeness (QED) is 0.198. The van der Waals surface area contributed by atoms with E-state index < -0.39 is 8.32 Å². The summed E-state index contributed by atoms with van der Waals surface area (Å²) in [5, 5.41) is 3.35. The van der Waals surface area contributed by atoms with E-state index in [4.69, 9.17) is 18.6 Å². The van der Waals surface area contributed by atoms with Crippen molar-refractivity contribution in [2.75, 3.05) is 52.0 Å². The molecule has 0 aliphatic heterocycles. The summed E-state index contributed by atoms with van der Waals surface area (Å²) in [5.74, 6) is 0.841. The Morgan fingerprint density at radius 1 is 0.727 bits per heavy atom. The average molecular weight is 472 g/mol. The van der Waals surface area contributed by atoms with Crippen molar-refractivity contribution in [2.45, 2.75) is 38.9 Å². The third kappa shape index (κ3) is 10.1. The lowest BCUT2D eigenvalue weighted by Crippen LogP contribution is -2.41. The predicted molar refractivity (Wildman–Crippen MR) is 142 cm³/mol. The molecule has 2 aromatic carbocycles. The number of anilines is 1. The van der Waals surface area contributed by atoms with E-state index in [2.05, 4.69) is 75.6 Å². The highest BCUT2D eigenvalue weighted by Gasteiger charge is 2.36. The van der Waals surface area contributed by atoms with Crippen LogP contribution in [0.25, 0.3) is 12.2 Å². The van der Waals surface area contributed by atoms with E-state index in [1.165, 1.54) is 5.56 Å². The van der Waals surface area contributed by atoms with E-state index in [-0.39, 0.29) is 5.04 Å². The van der Waals surface area contributed by atoms with Crippen LogP contribution in [0.3, 0.4) is 0 Å². The van der Waals surface area contributed by atoms with Crippen molar-refractivity contribution in [3.8, 4) is 5.75 Å². The number of hydrogen-bond donors (Lipinski definition) is 1. The Kier molecular flexibility index (Phi) is 11.1. The monoisotopic (exact) mass is 471 g/mol. The minimum absolute atomic E-state index is 0.228. The van der Waals surface area contributed by atoms with Crippen LogP contribution in [-0.2, 0) is 13.9 Å². The van der Waals surface area contributed by atoms with Crippen LogP contribution in [0.2, 0.25) is 18.1 Å². The van der Waals surface area contributed by atoms with E-state index in [1.807, 2.05) is 31.3 Å². The lowest BCUT2D eigenvalue weighted by Gasteiger charge is -2.36. The summed E-state index contributed by atoms with van der Waals surface area (Å²) < 4.78 is 23.0. The van der Waals surface area contributed by atoms with Gasteiger partial charge in [0.05, 0.1) is 33.0 Å². The predicted octanol–water partition coefficient (Wildman–Crippen LogP) is 6.33. The number of benzene rings is 2. The topological polar surface area (TPSA) is 49.0 Å². The molecule has 0 aliphatic carbocycles. The zero-order valence-electron chi connectivity index (χ0n) is 21.1. The smallest absolute Gasteiger partial charge is 0.192 e. The van der Waals surface area contributed by atoms with Crippen molar-refractivity contribution >= 4 is 26.2 Å². The first-order chi connectivity index (χ1) is 15.7. The molecule has 0 saturated carbocycles. The molecule has 0 amide bonds. The molecular formula is C27H41NO4Si. The van der Waals surface area contributed by atoms with Gasteiger partial charge < -0.3 is 24.0 Å². The highest BCUT2D eigenvalue weighted by atomic mass is 28.4. The fourth-order valence-corrected chi connectivity index (χ4v) is 3.77. The second-order valence-electron chi connectivity index (χ2n) is 9.46. The molecule has 33 heavy (non-hydrogen) atoms. The van der Waals surface area contributed by atoms with Gasteiger partial charge in [-0.25, -0.2) is 0 Å². The highest BCUT2D eigenvalue weighted by Crippen LogP contribution is 2.36. The minimum Gasteiger partial charge on any atom is -0.491 e. The molecule has 5 nitrogen and oxygen atoms in total. The zero-order valence-corrected chi connectivity index (χ0v) is 22.1. The first kappa shape index (κ1) is 27.1. The van der Waals surface area contributed by atoms with E-state index in [0.717, 1.165) is 17.0 Å². The van der Waals surface area contributed by atoms with Crippen LogP contribution in [0, 0.1) is 0 Å². The van der Waals surface area contributed by atoms with Crippen molar-refractivity contribution in [3.63, 3.8) is 0 Å². The zero-order chi connectivity index (χ0) is 24.2. The summed E-state index contributed by atoms with van der Waals surface area (Å²) in [6, 6.07) is 16.4. The number of hydrogen-bond acceptors (Lipinski definition) is 5. The Morgan fingerprint density at radius 2 is 1.21 bits per heavy atom. The molecule has 0 fully saturated rings. The Labute approximate surface area is 201 Å². The molecule has 2 aromatic rings. The number of nitrogens with one attached hydrogen (secondary N) is 1. The molecule has 182 valence electrons. The van der Waals surface area contributed by atoms with Gasteiger partial charge in [-0.3, -0.25) is 0 Å². The fourth-order valence-electron chi connectivity index (χ4n) is 2.74. The van der Waals surface area contributed by atoms with Crippen LogP contribution in [0.5, 0.6) is 5.75 Å². The Bertz CT molecular complexity index is 827. The molecule has 0 bridgehead atoms. The number of rotatable bonds is 14. The van der Waals surface area contributed by atoms with Gasteiger partial charge in [0.15, 0.2) is 8.32 Å². The van der Waals surface area contributed by atoms with Gasteiger partial charge in [-0.1, -0.05) is 57.2 Å². The summed E-state index contributed by atoms with van der Waals surface area (Å²) in [6.45, 7) is 14.7. The van der Waals surface area contributed by atoms with Gasteiger partial charge in [0.2, 0.25) is 0 Å². The van der Waals surface area contributed by atoms with E-state index in [9.17, 15) is 0 Å². The van der Waals surface area contributed by atoms with E-state index in [1.54, 1.807) is 0 Å². The van der Waals surface area contributed by atoms with Gasteiger partial charge in [-0.2, -0.15) is 0 Å². The van der Waals surface area contributed by atoms with Gasteiger partial charge in [0, 0.05) is 12.7 Å². The Balaban J connectivity index is 1.54. The second-order valence-corrected chi connectivity index (χ2v) is 14.3. The van der Waals surface area contributed by atoms with Crippen molar-refractivity contribution < 1.29 is 18.6 Å². The normalized spacial score (nSPS) is 12.3. The Morgan fingerprint density at radius 3 is 1.73 bits per heavy atom.